The van der Waals surface area contributed by atoms with Gasteiger partial charge in [0, 0.05) is 0 Å². The second-order valence-electron chi connectivity index (χ2n) is 4.66. The van der Waals surface area contributed by atoms with Gasteiger partial charge in [0.25, 0.3) is 0 Å². The zero-order chi connectivity index (χ0) is 12.4. The summed E-state index contributed by atoms with van der Waals surface area (Å²) in [5.74, 6) is 0. The third-order valence-electron chi connectivity index (χ3n) is 3.20. The van der Waals surface area contributed by atoms with Gasteiger partial charge in [-0.3, -0.25) is 0 Å². The Labute approximate surface area is 103 Å². The van der Waals surface area contributed by atoms with E-state index >= 15 is 0 Å². The van der Waals surface area contributed by atoms with Crippen molar-refractivity contribution >= 4 is 0 Å². The van der Waals surface area contributed by atoms with E-state index in [9.17, 15) is 5.11 Å². The van der Waals surface area contributed by atoms with E-state index in [-0.39, 0.29) is 0 Å². The van der Waals surface area contributed by atoms with E-state index in [0.29, 0.717) is 0 Å². The quantitative estimate of drug-likeness (QED) is 0.828. The topological polar surface area (TPSA) is 20.2 Å². The zero-order valence-electron chi connectivity index (χ0n) is 10.6. The van der Waals surface area contributed by atoms with Crippen molar-refractivity contribution in [3.8, 4) is 0 Å². The summed E-state index contributed by atoms with van der Waals surface area (Å²) in [6.45, 7) is 6.19. The highest BCUT2D eigenvalue weighted by Gasteiger charge is 2.10. The van der Waals surface area contributed by atoms with Gasteiger partial charge in [-0.05, 0) is 43.0 Å². The van der Waals surface area contributed by atoms with Crippen molar-refractivity contribution in [2.75, 3.05) is 0 Å². The van der Waals surface area contributed by atoms with Gasteiger partial charge >= 0.3 is 0 Å². The Morgan fingerprint density at radius 1 is 0.824 bits per heavy atom. The van der Waals surface area contributed by atoms with Gasteiger partial charge in [-0.1, -0.05) is 48.0 Å². The molecule has 0 unspecified atom stereocenters. The molecule has 1 heteroatoms. The molecule has 0 aliphatic heterocycles. The van der Waals surface area contributed by atoms with E-state index in [2.05, 4.69) is 26.0 Å². The van der Waals surface area contributed by atoms with Crippen molar-refractivity contribution in [3.63, 3.8) is 0 Å². The number of aliphatic hydroxyl groups is 1. The second kappa shape index (κ2) is 4.72. The molecule has 1 nitrogen and oxygen atoms in total. The molecule has 0 aliphatic carbocycles. The van der Waals surface area contributed by atoms with Crippen LogP contribution >= 0.6 is 0 Å². The summed E-state index contributed by atoms with van der Waals surface area (Å²) < 4.78 is 0. The predicted molar refractivity (Wildman–Crippen MR) is 71.2 cm³/mol. The Balaban J connectivity index is 2.36. The lowest BCUT2D eigenvalue weighted by molar-refractivity contribution is 0.220. The lowest BCUT2D eigenvalue weighted by Gasteiger charge is -2.13. The van der Waals surface area contributed by atoms with Crippen molar-refractivity contribution in [2.45, 2.75) is 26.9 Å². The molecule has 2 rings (SSSR count). The summed E-state index contributed by atoms with van der Waals surface area (Å²) in [5.41, 5.74) is 5.55. The van der Waals surface area contributed by atoms with Crippen LogP contribution in [0.2, 0.25) is 0 Å². The summed E-state index contributed by atoms with van der Waals surface area (Å²) in [7, 11) is 0. The Hall–Kier alpha value is -1.60. The molecule has 0 radical (unpaired) electrons. The minimum absolute atomic E-state index is 0.533. The number of hydrogen-bond donors (Lipinski definition) is 1. The Kier molecular flexibility index (Phi) is 3.30. The molecule has 0 aliphatic rings. The van der Waals surface area contributed by atoms with Gasteiger partial charge in [0.1, 0.15) is 6.10 Å². The van der Waals surface area contributed by atoms with Gasteiger partial charge in [0.05, 0.1) is 0 Å². The van der Waals surface area contributed by atoms with Crippen LogP contribution in [0.1, 0.15) is 33.9 Å². The molecule has 1 N–H and O–H groups in total. The normalized spacial score (nSPS) is 12.5. The summed E-state index contributed by atoms with van der Waals surface area (Å²) in [6, 6.07) is 14.1. The molecule has 0 spiro atoms. The van der Waals surface area contributed by atoms with Gasteiger partial charge < -0.3 is 5.11 Å². The van der Waals surface area contributed by atoms with Crippen LogP contribution in [0.15, 0.2) is 42.5 Å². The van der Waals surface area contributed by atoms with Crippen molar-refractivity contribution in [1.82, 2.24) is 0 Å². The molecule has 17 heavy (non-hydrogen) atoms. The fourth-order valence-corrected chi connectivity index (χ4v) is 1.97. The highest BCUT2D eigenvalue weighted by molar-refractivity contribution is 5.36. The SMILES string of the molecule is Cc1cccc([C@H](O)c2ccc(C)c(C)c2)c1. The maximum Gasteiger partial charge on any atom is 0.104 e. The molecular formula is C16H18O. The molecule has 88 valence electrons. The van der Waals surface area contributed by atoms with Crippen LogP contribution in [0.3, 0.4) is 0 Å². The van der Waals surface area contributed by atoms with Crippen molar-refractivity contribution in [3.05, 3.63) is 70.3 Å². The van der Waals surface area contributed by atoms with Crippen LogP contribution in [0.4, 0.5) is 0 Å². The number of hydrogen-bond acceptors (Lipinski definition) is 1. The summed E-state index contributed by atoms with van der Waals surface area (Å²) in [6.07, 6.45) is -0.533. The van der Waals surface area contributed by atoms with Crippen molar-refractivity contribution in [1.29, 1.82) is 0 Å². The van der Waals surface area contributed by atoms with Gasteiger partial charge in [-0.25, -0.2) is 0 Å². The Morgan fingerprint density at radius 2 is 1.53 bits per heavy atom. The maximum atomic E-state index is 10.3. The molecule has 0 heterocycles. The van der Waals surface area contributed by atoms with E-state index in [1.807, 2.05) is 37.3 Å². The minimum atomic E-state index is -0.533. The van der Waals surface area contributed by atoms with Crippen LogP contribution in [0.5, 0.6) is 0 Å². The van der Waals surface area contributed by atoms with E-state index in [1.165, 1.54) is 16.7 Å². The molecule has 0 saturated carbocycles. The Morgan fingerprint density at radius 3 is 2.18 bits per heavy atom. The monoisotopic (exact) mass is 226 g/mol. The van der Waals surface area contributed by atoms with E-state index in [1.54, 1.807) is 0 Å². The second-order valence-corrected chi connectivity index (χ2v) is 4.66. The fourth-order valence-electron chi connectivity index (χ4n) is 1.97. The average molecular weight is 226 g/mol. The third-order valence-corrected chi connectivity index (χ3v) is 3.20. The first kappa shape index (κ1) is 11.9. The average Bonchev–Trinajstić information content (AvgIpc) is 2.32. The summed E-state index contributed by atoms with van der Waals surface area (Å²) >= 11 is 0. The van der Waals surface area contributed by atoms with Crippen LogP contribution in [-0.2, 0) is 0 Å². The lowest BCUT2D eigenvalue weighted by atomic mass is 9.97. The lowest BCUT2D eigenvalue weighted by Crippen LogP contribution is -2.00. The highest BCUT2D eigenvalue weighted by atomic mass is 16.3. The molecule has 0 fully saturated rings. The molecule has 1 atom stereocenters. The number of aryl methyl sites for hydroxylation is 3. The van der Waals surface area contributed by atoms with Gasteiger partial charge in [-0.2, -0.15) is 0 Å². The predicted octanol–water partition coefficient (Wildman–Crippen LogP) is 3.69. The largest absolute Gasteiger partial charge is 0.384 e. The zero-order valence-corrected chi connectivity index (χ0v) is 10.6. The molecule has 0 saturated heterocycles. The van der Waals surface area contributed by atoms with Crippen molar-refractivity contribution in [2.24, 2.45) is 0 Å². The first-order chi connectivity index (χ1) is 8.08. The highest BCUT2D eigenvalue weighted by Crippen LogP contribution is 2.24. The smallest absolute Gasteiger partial charge is 0.104 e. The van der Waals surface area contributed by atoms with Crippen LogP contribution < -0.4 is 0 Å². The molecule has 2 aromatic rings. The van der Waals surface area contributed by atoms with Crippen LogP contribution in [0.25, 0.3) is 0 Å². The van der Waals surface area contributed by atoms with Gasteiger partial charge in [0.2, 0.25) is 0 Å². The van der Waals surface area contributed by atoms with Crippen molar-refractivity contribution < 1.29 is 5.11 Å². The standard InChI is InChI=1S/C16H18O/c1-11-5-4-6-14(9-11)16(17)15-8-7-12(2)13(3)10-15/h4-10,16-17H,1-3H3/t16-/m0/s1. The first-order valence-electron chi connectivity index (χ1n) is 5.89. The van der Waals surface area contributed by atoms with E-state index in [0.717, 1.165) is 11.1 Å². The Bertz CT molecular complexity index is 529. The molecule has 2 aromatic carbocycles. The first-order valence-corrected chi connectivity index (χ1v) is 5.89. The summed E-state index contributed by atoms with van der Waals surface area (Å²) in [5, 5.41) is 10.3. The number of aliphatic hydroxyl groups excluding tert-OH is 1. The minimum Gasteiger partial charge on any atom is -0.384 e. The van der Waals surface area contributed by atoms with Gasteiger partial charge in [0.15, 0.2) is 0 Å². The van der Waals surface area contributed by atoms with E-state index < -0.39 is 6.10 Å². The maximum absolute atomic E-state index is 10.3. The van der Waals surface area contributed by atoms with Crippen LogP contribution in [0, 0.1) is 20.8 Å². The molecule has 0 amide bonds. The molecular weight excluding hydrogens is 208 g/mol. The summed E-state index contributed by atoms with van der Waals surface area (Å²) in [4.78, 5) is 0. The van der Waals surface area contributed by atoms with Crippen LogP contribution in [-0.4, -0.2) is 5.11 Å². The number of benzene rings is 2. The number of rotatable bonds is 2. The molecule has 0 aromatic heterocycles. The fraction of sp³-hybridized carbons (Fsp3) is 0.250. The molecule has 0 bridgehead atoms. The van der Waals surface area contributed by atoms with Gasteiger partial charge in [-0.15, -0.1) is 0 Å². The third kappa shape index (κ3) is 2.56. The van der Waals surface area contributed by atoms with E-state index in [4.69, 9.17) is 0 Å².